The third kappa shape index (κ3) is 4.27. The van der Waals surface area contributed by atoms with E-state index in [4.69, 9.17) is 23.7 Å². The highest BCUT2D eigenvalue weighted by Gasteiger charge is 2.54. The van der Waals surface area contributed by atoms with Gasteiger partial charge in [-0.3, -0.25) is 14.4 Å². The molecule has 1 aliphatic carbocycles. The van der Waals surface area contributed by atoms with Crippen LogP contribution in [0.1, 0.15) is 52.5 Å². The summed E-state index contributed by atoms with van der Waals surface area (Å²) < 4.78 is 27.8. The van der Waals surface area contributed by atoms with E-state index in [9.17, 15) is 19.2 Å². The number of fused-ring (bicyclic) bond motifs is 4. The molecule has 0 saturated heterocycles. The van der Waals surface area contributed by atoms with Crippen LogP contribution in [0, 0.1) is 0 Å². The van der Waals surface area contributed by atoms with Crippen molar-refractivity contribution in [2.75, 3.05) is 6.79 Å². The molecule has 10 heteroatoms. The first-order valence-corrected chi connectivity index (χ1v) is 11.2. The van der Waals surface area contributed by atoms with Crippen LogP contribution in [0.25, 0.3) is 0 Å². The van der Waals surface area contributed by atoms with Crippen molar-refractivity contribution < 1.29 is 42.9 Å². The molecule has 2 heterocycles. The van der Waals surface area contributed by atoms with Crippen LogP contribution in [-0.4, -0.2) is 55.0 Å². The number of nitrogens with one attached hydrogen (secondary N) is 1. The molecule has 2 aromatic rings. The molecule has 0 radical (unpaired) electrons. The van der Waals surface area contributed by atoms with Crippen molar-refractivity contribution in [1.82, 2.24) is 5.32 Å². The minimum Gasteiger partial charge on any atom is -0.456 e. The summed E-state index contributed by atoms with van der Waals surface area (Å²) in [5.74, 6) is -1.77. The summed E-state index contributed by atoms with van der Waals surface area (Å²) in [7, 11) is 0. The number of carbonyl (C=O) groups excluding carboxylic acids is 4. The summed E-state index contributed by atoms with van der Waals surface area (Å²) in [6, 6.07) is 11.0. The molecule has 0 bridgehead atoms. The van der Waals surface area contributed by atoms with E-state index in [1.807, 2.05) is 0 Å². The van der Waals surface area contributed by atoms with Crippen molar-refractivity contribution in [3.05, 3.63) is 59.2 Å². The molecule has 0 aromatic heterocycles. The van der Waals surface area contributed by atoms with Gasteiger partial charge in [-0.05, 0) is 36.2 Å². The molecule has 0 spiro atoms. The first-order valence-electron chi connectivity index (χ1n) is 11.2. The second kappa shape index (κ2) is 8.94. The highest BCUT2D eigenvalue weighted by Crippen LogP contribution is 2.45. The van der Waals surface area contributed by atoms with E-state index < -0.39 is 54.1 Å². The van der Waals surface area contributed by atoms with Crippen LogP contribution in [0.5, 0.6) is 11.5 Å². The van der Waals surface area contributed by atoms with Crippen LogP contribution in [0.3, 0.4) is 0 Å². The first kappa shape index (κ1) is 22.7. The van der Waals surface area contributed by atoms with Crippen LogP contribution >= 0.6 is 0 Å². The minimum absolute atomic E-state index is 0.0376. The predicted molar refractivity (Wildman–Crippen MR) is 118 cm³/mol. The molecule has 3 aliphatic rings. The average molecular weight is 481 g/mol. The Morgan fingerprint density at radius 3 is 2.26 bits per heavy atom. The standard InChI is InChI=1S/C25H23NO9/c1-12(27)33-22-20(35-25(30)14-6-4-3-5-7-14)9-16-15-8-18-19(32-11-31-18)10-17(15)24(29)26-21(16)23(22)34-13(2)28/h3-8,10,16,20-23H,9,11H2,1-2H3,(H,26,29)/t16-,20+,21-,22-,23+/m1/s1. The van der Waals surface area contributed by atoms with E-state index in [0.29, 0.717) is 28.2 Å². The summed E-state index contributed by atoms with van der Waals surface area (Å²) in [6.45, 7) is 2.47. The Balaban J connectivity index is 1.55. The Bertz CT molecular complexity index is 1190. The van der Waals surface area contributed by atoms with Crippen LogP contribution in [0.2, 0.25) is 0 Å². The molecule has 2 aliphatic heterocycles. The lowest BCUT2D eigenvalue weighted by molar-refractivity contribution is -0.185. The molecule has 1 N–H and O–H groups in total. The van der Waals surface area contributed by atoms with Crippen molar-refractivity contribution in [2.24, 2.45) is 0 Å². The molecule has 1 fully saturated rings. The van der Waals surface area contributed by atoms with Gasteiger partial charge in [-0.25, -0.2) is 4.79 Å². The minimum atomic E-state index is -1.12. The van der Waals surface area contributed by atoms with E-state index in [2.05, 4.69) is 5.32 Å². The third-order valence-electron chi connectivity index (χ3n) is 6.32. The Morgan fingerprint density at radius 2 is 1.57 bits per heavy atom. The Labute approximate surface area is 200 Å². The summed E-state index contributed by atoms with van der Waals surface area (Å²) in [6.07, 6.45) is -2.97. The zero-order chi connectivity index (χ0) is 24.7. The monoisotopic (exact) mass is 481 g/mol. The van der Waals surface area contributed by atoms with E-state index in [1.165, 1.54) is 13.8 Å². The van der Waals surface area contributed by atoms with E-state index in [0.717, 1.165) is 0 Å². The van der Waals surface area contributed by atoms with Gasteiger partial charge in [0.15, 0.2) is 23.7 Å². The SMILES string of the molecule is CC(=O)O[C@H]1[C@@H]2NC(=O)c3cc4c(cc3[C@H]2C[C@H](OC(=O)c2ccccc2)[C@H]1OC(C)=O)OCO4. The number of esters is 3. The third-order valence-corrected chi connectivity index (χ3v) is 6.32. The smallest absolute Gasteiger partial charge is 0.338 e. The van der Waals surface area contributed by atoms with E-state index >= 15 is 0 Å². The number of hydrogen-bond donors (Lipinski definition) is 1. The van der Waals surface area contributed by atoms with Crippen molar-refractivity contribution in [3.63, 3.8) is 0 Å². The highest BCUT2D eigenvalue weighted by atomic mass is 16.7. The van der Waals surface area contributed by atoms with E-state index in [1.54, 1.807) is 42.5 Å². The second-order valence-electron chi connectivity index (χ2n) is 8.59. The van der Waals surface area contributed by atoms with Gasteiger partial charge in [-0.15, -0.1) is 0 Å². The van der Waals surface area contributed by atoms with Gasteiger partial charge in [0.25, 0.3) is 5.91 Å². The number of carbonyl (C=O) groups is 4. The van der Waals surface area contributed by atoms with Gasteiger partial charge in [0.05, 0.1) is 11.6 Å². The molecule has 5 rings (SSSR count). The van der Waals surface area contributed by atoms with Gasteiger partial charge in [0, 0.05) is 25.3 Å². The molecule has 10 nitrogen and oxygen atoms in total. The van der Waals surface area contributed by atoms with Gasteiger partial charge in [-0.2, -0.15) is 0 Å². The lowest BCUT2D eigenvalue weighted by atomic mass is 9.71. The molecule has 1 amide bonds. The lowest BCUT2D eigenvalue weighted by Crippen LogP contribution is -2.63. The summed E-state index contributed by atoms with van der Waals surface area (Å²) in [4.78, 5) is 49.9. The Morgan fingerprint density at radius 1 is 0.914 bits per heavy atom. The quantitative estimate of drug-likeness (QED) is 0.516. The Hall–Kier alpha value is -4.08. The molecular formula is C25H23NO9. The first-order chi connectivity index (χ1) is 16.8. The maximum Gasteiger partial charge on any atom is 0.338 e. The Kier molecular flexibility index (Phi) is 5.80. The zero-order valence-electron chi connectivity index (χ0n) is 19.0. The number of hydrogen-bond acceptors (Lipinski definition) is 9. The molecule has 1 saturated carbocycles. The van der Waals surface area contributed by atoms with Crippen molar-refractivity contribution >= 4 is 23.8 Å². The van der Waals surface area contributed by atoms with Crippen LogP contribution in [-0.2, 0) is 23.8 Å². The van der Waals surface area contributed by atoms with Crippen molar-refractivity contribution in [2.45, 2.75) is 50.5 Å². The van der Waals surface area contributed by atoms with Crippen LogP contribution in [0.15, 0.2) is 42.5 Å². The van der Waals surface area contributed by atoms with E-state index in [-0.39, 0.29) is 13.2 Å². The van der Waals surface area contributed by atoms with Crippen LogP contribution < -0.4 is 14.8 Å². The normalized spacial score (nSPS) is 26.0. The molecule has 182 valence electrons. The molecule has 2 aromatic carbocycles. The van der Waals surface area contributed by atoms with Gasteiger partial charge >= 0.3 is 17.9 Å². The van der Waals surface area contributed by atoms with Crippen molar-refractivity contribution in [3.8, 4) is 11.5 Å². The number of rotatable bonds is 4. The van der Waals surface area contributed by atoms with Gasteiger partial charge in [0.1, 0.15) is 6.10 Å². The highest BCUT2D eigenvalue weighted by molar-refractivity contribution is 5.98. The predicted octanol–water partition coefficient (Wildman–Crippen LogP) is 2.10. The maximum absolute atomic E-state index is 13.0. The number of amides is 1. The fraction of sp³-hybridized carbons (Fsp3) is 0.360. The number of benzene rings is 2. The largest absolute Gasteiger partial charge is 0.456 e. The van der Waals surface area contributed by atoms with Crippen LogP contribution in [0.4, 0.5) is 0 Å². The molecular weight excluding hydrogens is 458 g/mol. The summed E-state index contributed by atoms with van der Waals surface area (Å²) in [5.41, 5.74) is 1.35. The molecule has 0 unspecified atom stereocenters. The van der Waals surface area contributed by atoms with Gasteiger partial charge in [0.2, 0.25) is 6.79 Å². The molecule has 5 atom stereocenters. The maximum atomic E-state index is 13.0. The molecule has 35 heavy (non-hydrogen) atoms. The second-order valence-corrected chi connectivity index (χ2v) is 8.59. The van der Waals surface area contributed by atoms with Gasteiger partial charge in [-0.1, -0.05) is 18.2 Å². The zero-order valence-corrected chi connectivity index (χ0v) is 19.0. The summed E-state index contributed by atoms with van der Waals surface area (Å²) >= 11 is 0. The van der Waals surface area contributed by atoms with Crippen molar-refractivity contribution in [1.29, 1.82) is 0 Å². The topological polar surface area (TPSA) is 126 Å². The number of ether oxygens (including phenoxy) is 5. The lowest BCUT2D eigenvalue weighted by Gasteiger charge is -2.47. The fourth-order valence-electron chi connectivity index (χ4n) is 4.93. The summed E-state index contributed by atoms with van der Waals surface area (Å²) in [5, 5.41) is 2.89. The average Bonchev–Trinajstić information content (AvgIpc) is 3.28. The fourth-order valence-corrected chi connectivity index (χ4v) is 4.93. The van der Waals surface area contributed by atoms with Gasteiger partial charge < -0.3 is 29.0 Å².